The summed E-state index contributed by atoms with van der Waals surface area (Å²) in [4.78, 5) is 2.43. The molecule has 0 spiro atoms. The van der Waals surface area contributed by atoms with Crippen molar-refractivity contribution in [2.45, 2.75) is 12.3 Å². The van der Waals surface area contributed by atoms with E-state index in [1.165, 1.54) is 60.8 Å². The molecule has 10 rings (SSSR count). The molecule has 52 heavy (non-hydrogen) atoms. The summed E-state index contributed by atoms with van der Waals surface area (Å²) in [7, 11) is 0. The average Bonchev–Trinajstić information content (AvgIpc) is 3.70. The van der Waals surface area contributed by atoms with Crippen LogP contribution in [0.4, 0.5) is 17.1 Å². The van der Waals surface area contributed by atoms with Crippen LogP contribution in [0.3, 0.4) is 0 Å². The quantitative estimate of drug-likeness (QED) is 0.172. The molecule has 246 valence electrons. The summed E-state index contributed by atoms with van der Waals surface area (Å²) in [5, 5.41) is 2.47. The molecule has 0 saturated heterocycles. The molecule has 0 aliphatic heterocycles. The van der Waals surface area contributed by atoms with E-state index in [1.54, 1.807) is 0 Å². The number of aryl methyl sites for hydroxylation is 1. The first-order valence-corrected chi connectivity index (χ1v) is 18.0. The number of aromatic nitrogens is 1. The van der Waals surface area contributed by atoms with Crippen LogP contribution in [0.25, 0.3) is 38.6 Å². The second-order valence-corrected chi connectivity index (χ2v) is 13.8. The van der Waals surface area contributed by atoms with E-state index in [2.05, 4.69) is 217 Å². The third-order valence-electron chi connectivity index (χ3n) is 10.9. The highest BCUT2D eigenvalue weighted by Crippen LogP contribution is 2.57. The first kappa shape index (κ1) is 30.2. The van der Waals surface area contributed by atoms with Gasteiger partial charge < -0.3 is 9.47 Å². The third-order valence-corrected chi connectivity index (χ3v) is 10.9. The molecule has 0 radical (unpaired) electrons. The van der Waals surface area contributed by atoms with Gasteiger partial charge in [0.15, 0.2) is 0 Å². The summed E-state index contributed by atoms with van der Waals surface area (Å²) < 4.78 is 2.38. The molecule has 2 heteroatoms. The van der Waals surface area contributed by atoms with Crippen molar-refractivity contribution >= 4 is 38.9 Å². The maximum absolute atomic E-state index is 2.45. The van der Waals surface area contributed by atoms with E-state index in [0.29, 0.717) is 0 Å². The standard InChI is InChI=1S/C50H36N2/c1-35-25-27-39(28-26-35)51(40-30-32-49-45(33-40)44-22-12-14-24-48(44)52(49)38-19-9-4-10-20-38)41-29-31-43-42-21-11-13-23-46(42)50(47(43)34-41,36-15-5-2-6-16-36)37-17-7-3-8-18-37/h2-34H,1H3. The van der Waals surface area contributed by atoms with Crippen molar-refractivity contribution < 1.29 is 0 Å². The largest absolute Gasteiger partial charge is 0.310 e. The van der Waals surface area contributed by atoms with Crippen LogP contribution in [0.2, 0.25) is 0 Å². The molecule has 0 atom stereocenters. The fourth-order valence-corrected chi connectivity index (χ4v) is 8.67. The maximum atomic E-state index is 2.45. The SMILES string of the molecule is Cc1ccc(N(c2ccc3c(c2)C(c2ccccc2)(c2ccccc2)c2ccccc2-3)c2ccc3c(c2)c2ccccc2n3-c2ccccc2)cc1. The van der Waals surface area contributed by atoms with Gasteiger partial charge in [0.05, 0.1) is 16.4 Å². The molecule has 0 amide bonds. The number of benzene rings is 8. The predicted octanol–water partition coefficient (Wildman–Crippen LogP) is 12.9. The van der Waals surface area contributed by atoms with E-state index in [-0.39, 0.29) is 0 Å². The maximum Gasteiger partial charge on any atom is 0.0714 e. The lowest BCUT2D eigenvalue weighted by atomic mass is 9.67. The molecule has 1 aliphatic carbocycles. The lowest BCUT2D eigenvalue weighted by Crippen LogP contribution is -2.28. The van der Waals surface area contributed by atoms with Crippen molar-refractivity contribution in [3.63, 3.8) is 0 Å². The smallest absolute Gasteiger partial charge is 0.0714 e. The van der Waals surface area contributed by atoms with E-state index in [1.807, 2.05) is 0 Å². The summed E-state index contributed by atoms with van der Waals surface area (Å²) in [6, 6.07) is 73.4. The molecule has 0 unspecified atom stereocenters. The van der Waals surface area contributed by atoms with Crippen LogP contribution >= 0.6 is 0 Å². The Labute approximate surface area is 304 Å². The Morgan fingerprint density at radius 3 is 1.67 bits per heavy atom. The topological polar surface area (TPSA) is 8.17 Å². The lowest BCUT2D eigenvalue weighted by Gasteiger charge is -2.35. The predicted molar refractivity (Wildman–Crippen MR) is 218 cm³/mol. The zero-order chi connectivity index (χ0) is 34.6. The molecule has 1 heterocycles. The van der Waals surface area contributed by atoms with Gasteiger partial charge in [-0.25, -0.2) is 0 Å². The Bertz CT molecular complexity index is 2690. The molecule has 0 fully saturated rings. The van der Waals surface area contributed by atoms with Gasteiger partial charge in [-0.05, 0) is 101 Å². The number of rotatable bonds is 6. The zero-order valence-corrected chi connectivity index (χ0v) is 28.9. The van der Waals surface area contributed by atoms with E-state index >= 15 is 0 Å². The summed E-state index contributed by atoms with van der Waals surface area (Å²) in [5.41, 5.74) is 15.4. The number of anilines is 3. The highest BCUT2D eigenvalue weighted by Gasteiger charge is 2.46. The van der Waals surface area contributed by atoms with Crippen molar-refractivity contribution in [3.8, 4) is 16.8 Å². The van der Waals surface area contributed by atoms with Crippen molar-refractivity contribution in [1.82, 2.24) is 4.57 Å². The van der Waals surface area contributed by atoms with Gasteiger partial charge in [-0.1, -0.05) is 145 Å². The van der Waals surface area contributed by atoms with Gasteiger partial charge in [0.2, 0.25) is 0 Å². The molecule has 1 aromatic heterocycles. The van der Waals surface area contributed by atoms with Crippen LogP contribution in [-0.4, -0.2) is 4.57 Å². The Morgan fingerprint density at radius 2 is 0.942 bits per heavy atom. The minimum Gasteiger partial charge on any atom is -0.310 e. The van der Waals surface area contributed by atoms with Crippen LogP contribution in [0, 0.1) is 6.92 Å². The van der Waals surface area contributed by atoms with Crippen LogP contribution < -0.4 is 4.90 Å². The molecular weight excluding hydrogens is 629 g/mol. The number of fused-ring (bicyclic) bond motifs is 6. The van der Waals surface area contributed by atoms with Crippen molar-refractivity contribution in [2.24, 2.45) is 0 Å². The van der Waals surface area contributed by atoms with E-state index in [0.717, 1.165) is 22.7 Å². The molecular formula is C50H36N2. The van der Waals surface area contributed by atoms with E-state index in [4.69, 9.17) is 0 Å². The van der Waals surface area contributed by atoms with Gasteiger partial charge in [0, 0.05) is 33.5 Å². The minimum atomic E-state index is -0.476. The summed E-state index contributed by atoms with van der Waals surface area (Å²) in [6.45, 7) is 2.15. The first-order valence-electron chi connectivity index (χ1n) is 18.0. The van der Waals surface area contributed by atoms with Crippen LogP contribution in [0.5, 0.6) is 0 Å². The van der Waals surface area contributed by atoms with Gasteiger partial charge in [-0.15, -0.1) is 0 Å². The first-order chi connectivity index (χ1) is 25.7. The number of nitrogens with zero attached hydrogens (tertiary/aromatic N) is 2. The number of hydrogen-bond donors (Lipinski definition) is 0. The second-order valence-electron chi connectivity index (χ2n) is 13.8. The summed E-state index contributed by atoms with van der Waals surface area (Å²) in [6.07, 6.45) is 0. The second kappa shape index (κ2) is 12.0. The van der Waals surface area contributed by atoms with E-state index < -0.39 is 5.41 Å². The molecule has 0 bridgehead atoms. The molecule has 2 nitrogen and oxygen atoms in total. The van der Waals surface area contributed by atoms with Crippen molar-refractivity contribution in [3.05, 3.63) is 228 Å². The Kier molecular flexibility index (Phi) is 6.97. The molecule has 0 N–H and O–H groups in total. The van der Waals surface area contributed by atoms with Gasteiger partial charge in [0.1, 0.15) is 0 Å². The van der Waals surface area contributed by atoms with Gasteiger partial charge in [-0.3, -0.25) is 0 Å². The average molecular weight is 665 g/mol. The minimum absolute atomic E-state index is 0.476. The monoisotopic (exact) mass is 664 g/mol. The summed E-state index contributed by atoms with van der Waals surface area (Å²) >= 11 is 0. The van der Waals surface area contributed by atoms with Gasteiger partial charge >= 0.3 is 0 Å². The highest BCUT2D eigenvalue weighted by molar-refractivity contribution is 6.10. The van der Waals surface area contributed by atoms with Crippen LogP contribution in [0.1, 0.15) is 27.8 Å². The molecule has 1 aliphatic rings. The molecule has 0 saturated carbocycles. The van der Waals surface area contributed by atoms with Gasteiger partial charge in [0.25, 0.3) is 0 Å². The highest BCUT2D eigenvalue weighted by atomic mass is 15.1. The fraction of sp³-hybridized carbons (Fsp3) is 0.0400. The third kappa shape index (κ3) is 4.51. The number of para-hydroxylation sites is 2. The zero-order valence-electron chi connectivity index (χ0n) is 28.9. The van der Waals surface area contributed by atoms with Crippen LogP contribution in [-0.2, 0) is 5.41 Å². The summed E-state index contributed by atoms with van der Waals surface area (Å²) in [5.74, 6) is 0. The molecule has 8 aromatic carbocycles. The van der Waals surface area contributed by atoms with Crippen LogP contribution in [0.15, 0.2) is 200 Å². The van der Waals surface area contributed by atoms with Gasteiger partial charge in [-0.2, -0.15) is 0 Å². The molecule has 9 aromatic rings. The van der Waals surface area contributed by atoms with Crippen molar-refractivity contribution in [2.75, 3.05) is 4.90 Å². The Hall–Kier alpha value is -6.64. The van der Waals surface area contributed by atoms with Crippen molar-refractivity contribution in [1.29, 1.82) is 0 Å². The normalized spacial score (nSPS) is 12.9. The van der Waals surface area contributed by atoms with E-state index in [9.17, 15) is 0 Å². The Balaban J connectivity index is 1.24. The lowest BCUT2D eigenvalue weighted by molar-refractivity contribution is 0.768. The number of hydrogen-bond acceptors (Lipinski definition) is 1. The Morgan fingerprint density at radius 1 is 0.404 bits per heavy atom. The fourth-order valence-electron chi connectivity index (χ4n) is 8.67.